The Labute approximate surface area is 96.9 Å². The molecule has 1 aliphatic carbocycles. The summed E-state index contributed by atoms with van der Waals surface area (Å²) in [6, 6.07) is 2.00. The summed E-state index contributed by atoms with van der Waals surface area (Å²) in [5, 5.41) is 19.0. The average molecular weight is 224 g/mol. The first-order valence-corrected chi connectivity index (χ1v) is 5.89. The van der Waals surface area contributed by atoms with Gasteiger partial charge < -0.3 is 10.0 Å². The van der Waals surface area contributed by atoms with E-state index in [0.29, 0.717) is 13.0 Å². The molecular formula is C12H20N2O2. The number of hydrogen-bond donors (Lipinski definition) is 1. The molecule has 0 saturated heterocycles. The summed E-state index contributed by atoms with van der Waals surface area (Å²) in [5.41, 5.74) is -0.724. The molecule has 4 heteroatoms. The molecule has 0 aromatic heterocycles. The molecule has 90 valence electrons. The standard InChI is InChI=1S/C12H20N2O2/c1-3-10(8-13)11(15)14(2)9-12(16)6-4-5-7-12/h10,16H,3-7,9H2,1-2H3. The van der Waals surface area contributed by atoms with Crippen LogP contribution < -0.4 is 0 Å². The molecule has 1 fully saturated rings. The van der Waals surface area contributed by atoms with Gasteiger partial charge in [-0.3, -0.25) is 4.79 Å². The van der Waals surface area contributed by atoms with Crippen LogP contribution in [0.5, 0.6) is 0 Å². The first-order chi connectivity index (χ1) is 7.52. The van der Waals surface area contributed by atoms with Crippen LogP contribution in [0.1, 0.15) is 39.0 Å². The fourth-order valence-corrected chi connectivity index (χ4v) is 2.30. The van der Waals surface area contributed by atoms with Crippen molar-refractivity contribution in [3.05, 3.63) is 0 Å². The molecule has 1 unspecified atom stereocenters. The molecule has 16 heavy (non-hydrogen) atoms. The monoisotopic (exact) mass is 224 g/mol. The molecule has 0 bridgehead atoms. The second-order valence-corrected chi connectivity index (χ2v) is 4.72. The van der Waals surface area contributed by atoms with Gasteiger partial charge in [0, 0.05) is 13.6 Å². The fraction of sp³-hybridized carbons (Fsp3) is 0.833. The first-order valence-electron chi connectivity index (χ1n) is 5.89. The molecule has 1 amide bonds. The van der Waals surface area contributed by atoms with Crippen molar-refractivity contribution in [2.45, 2.75) is 44.6 Å². The zero-order valence-corrected chi connectivity index (χ0v) is 10.1. The minimum absolute atomic E-state index is 0.176. The van der Waals surface area contributed by atoms with Crippen LogP contribution in [-0.4, -0.2) is 35.1 Å². The van der Waals surface area contributed by atoms with Gasteiger partial charge in [0.1, 0.15) is 5.92 Å². The van der Waals surface area contributed by atoms with Crippen molar-refractivity contribution >= 4 is 5.91 Å². The third-order valence-electron chi connectivity index (χ3n) is 3.30. The third-order valence-corrected chi connectivity index (χ3v) is 3.30. The van der Waals surface area contributed by atoms with E-state index >= 15 is 0 Å². The van der Waals surface area contributed by atoms with Crippen molar-refractivity contribution < 1.29 is 9.90 Å². The summed E-state index contributed by atoms with van der Waals surface area (Å²) in [6.07, 6.45) is 4.09. The SMILES string of the molecule is CCC(C#N)C(=O)N(C)CC1(O)CCCC1. The number of nitrogens with zero attached hydrogens (tertiary/aromatic N) is 2. The second-order valence-electron chi connectivity index (χ2n) is 4.72. The van der Waals surface area contributed by atoms with Gasteiger partial charge in [0.25, 0.3) is 0 Å². The molecule has 0 spiro atoms. The molecule has 1 aliphatic rings. The molecule has 4 nitrogen and oxygen atoms in total. The summed E-state index contributed by atoms with van der Waals surface area (Å²) < 4.78 is 0. The van der Waals surface area contributed by atoms with Crippen molar-refractivity contribution in [2.75, 3.05) is 13.6 Å². The van der Waals surface area contributed by atoms with E-state index in [1.807, 2.05) is 13.0 Å². The van der Waals surface area contributed by atoms with Crippen LogP contribution in [0.3, 0.4) is 0 Å². The van der Waals surface area contributed by atoms with E-state index in [9.17, 15) is 9.90 Å². The molecule has 0 aromatic carbocycles. The molecular weight excluding hydrogens is 204 g/mol. The summed E-state index contributed by atoms with van der Waals surface area (Å²) in [7, 11) is 1.67. The Hall–Kier alpha value is -1.08. The maximum absolute atomic E-state index is 11.8. The molecule has 0 radical (unpaired) electrons. The highest BCUT2D eigenvalue weighted by atomic mass is 16.3. The van der Waals surface area contributed by atoms with E-state index in [0.717, 1.165) is 25.7 Å². The number of carbonyl (C=O) groups is 1. The molecule has 0 aliphatic heterocycles. The lowest BCUT2D eigenvalue weighted by atomic mass is 10.0. The fourth-order valence-electron chi connectivity index (χ4n) is 2.30. The minimum Gasteiger partial charge on any atom is -0.388 e. The van der Waals surface area contributed by atoms with Crippen LogP contribution in [-0.2, 0) is 4.79 Å². The average Bonchev–Trinajstić information content (AvgIpc) is 2.66. The number of carbonyl (C=O) groups excluding carboxylic acids is 1. The van der Waals surface area contributed by atoms with Crippen molar-refractivity contribution in [1.29, 1.82) is 5.26 Å². The molecule has 1 rings (SSSR count). The Bertz CT molecular complexity index is 290. The number of rotatable bonds is 4. The second kappa shape index (κ2) is 5.31. The van der Waals surface area contributed by atoms with Crippen LogP contribution in [0.25, 0.3) is 0 Å². The van der Waals surface area contributed by atoms with Crippen LogP contribution in [0.15, 0.2) is 0 Å². The maximum atomic E-state index is 11.8. The van der Waals surface area contributed by atoms with Gasteiger partial charge >= 0.3 is 0 Å². The van der Waals surface area contributed by atoms with Crippen molar-refractivity contribution in [3.63, 3.8) is 0 Å². The number of likely N-dealkylation sites (N-methyl/N-ethyl adjacent to an activating group) is 1. The molecule has 0 heterocycles. The Kier molecular flexibility index (Phi) is 4.31. The quantitative estimate of drug-likeness (QED) is 0.782. The highest BCUT2D eigenvalue weighted by Crippen LogP contribution is 2.30. The van der Waals surface area contributed by atoms with Crippen LogP contribution in [0.2, 0.25) is 0 Å². The zero-order valence-electron chi connectivity index (χ0n) is 10.1. The Morgan fingerprint density at radius 2 is 2.12 bits per heavy atom. The number of amides is 1. The lowest BCUT2D eigenvalue weighted by Gasteiger charge is -2.29. The zero-order chi connectivity index (χ0) is 12.2. The van der Waals surface area contributed by atoms with Crippen LogP contribution in [0, 0.1) is 17.2 Å². The lowest BCUT2D eigenvalue weighted by molar-refractivity contribution is -0.135. The predicted molar refractivity (Wildman–Crippen MR) is 60.4 cm³/mol. The lowest BCUT2D eigenvalue weighted by Crippen LogP contribution is -2.43. The van der Waals surface area contributed by atoms with Gasteiger partial charge in [-0.25, -0.2) is 0 Å². The van der Waals surface area contributed by atoms with Crippen molar-refractivity contribution in [2.24, 2.45) is 5.92 Å². The van der Waals surface area contributed by atoms with E-state index in [-0.39, 0.29) is 5.91 Å². The molecule has 1 atom stereocenters. The molecule has 1 N–H and O–H groups in total. The number of nitriles is 1. The molecule has 1 saturated carbocycles. The number of hydrogen-bond acceptors (Lipinski definition) is 3. The first kappa shape index (κ1) is 13.0. The van der Waals surface area contributed by atoms with Gasteiger partial charge in [0.15, 0.2) is 0 Å². The normalized spacial score (nSPS) is 20.1. The summed E-state index contributed by atoms with van der Waals surface area (Å²) in [6.45, 7) is 2.17. The van der Waals surface area contributed by atoms with Crippen molar-refractivity contribution in [3.8, 4) is 6.07 Å². The van der Waals surface area contributed by atoms with Gasteiger partial charge in [-0.05, 0) is 19.3 Å². The Morgan fingerprint density at radius 1 is 1.56 bits per heavy atom. The van der Waals surface area contributed by atoms with Crippen LogP contribution in [0.4, 0.5) is 0 Å². The largest absolute Gasteiger partial charge is 0.388 e. The van der Waals surface area contributed by atoms with Gasteiger partial charge in [0.2, 0.25) is 5.91 Å². The summed E-state index contributed by atoms with van der Waals surface area (Å²) >= 11 is 0. The highest BCUT2D eigenvalue weighted by Gasteiger charge is 2.34. The smallest absolute Gasteiger partial charge is 0.239 e. The van der Waals surface area contributed by atoms with Crippen LogP contribution >= 0.6 is 0 Å². The maximum Gasteiger partial charge on any atom is 0.239 e. The topological polar surface area (TPSA) is 64.3 Å². The van der Waals surface area contributed by atoms with Gasteiger partial charge in [0.05, 0.1) is 11.7 Å². The summed E-state index contributed by atoms with van der Waals surface area (Å²) in [4.78, 5) is 13.3. The minimum atomic E-state index is -0.724. The Balaban J connectivity index is 2.54. The van der Waals surface area contributed by atoms with E-state index in [1.54, 1.807) is 7.05 Å². The van der Waals surface area contributed by atoms with Crippen molar-refractivity contribution in [1.82, 2.24) is 4.90 Å². The van der Waals surface area contributed by atoms with E-state index in [2.05, 4.69) is 0 Å². The molecule has 0 aromatic rings. The number of aliphatic hydroxyl groups is 1. The van der Waals surface area contributed by atoms with E-state index < -0.39 is 11.5 Å². The van der Waals surface area contributed by atoms with Gasteiger partial charge in [-0.15, -0.1) is 0 Å². The summed E-state index contributed by atoms with van der Waals surface area (Å²) in [5.74, 6) is -0.750. The van der Waals surface area contributed by atoms with E-state index in [4.69, 9.17) is 5.26 Å². The highest BCUT2D eigenvalue weighted by molar-refractivity contribution is 5.80. The van der Waals surface area contributed by atoms with Gasteiger partial charge in [-0.2, -0.15) is 5.26 Å². The Morgan fingerprint density at radius 3 is 2.56 bits per heavy atom. The third kappa shape index (κ3) is 2.96. The van der Waals surface area contributed by atoms with Gasteiger partial charge in [-0.1, -0.05) is 19.8 Å². The predicted octanol–water partition coefficient (Wildman–Crippen LogP) is 1.30. The van der Waals surface area contributed by atoms with E-state index in [1.165, 1.54) is 4.90 Å².